The van der Waals surface area contributed by atoms with E-state index in [1.165, 1.54) is 17.3 Å². The second-order valence-corrected chi connectivity index (χ2v) is 8.06. The van der Waals surface area contributed by atoms with Gasteiger partial charge in [0.2, 0.25) is 0 Å². The van der Waals surface area contributed by atoms with Crippen LogP contribution in [0.2, 0.25) is 0 Å². The first-order valence-corrected chi connectivity index (χ1v) is 10.3. The molecule has 148 valence electrons. The van der Waals surface area contributed by atoms with E-state index in [2.05, 4.69) is 10.5 Å². The summed E-state index contributed by atoms with van der Waals surface area (Å²) in [4.78, 5) is 13.3. The molecule has 0 fully saturated rings. The van der Waals surface area contributed by atoms with Crippen LogP contribution in [0.1, 0.15) is 23.6 Å². The van der Waals surface area contributed by atoms with E-state index in [4.69, 9.17) is 4.74 Å². The van der Waals surface area contributed by atoms with Gasteiger partial charge in [-0.2, -0.15) is 5.10 Å². The second-order valence-electron chi connectivity index (χ2n) is 6.65. The number of hydrogen-bond donors (Lipinski definition) is 1. The minimum absolute atomic E-state index is 0.130. The van der Waals surface area contributed by atoms with Gasteiger partial charge < -0.3 is 4.74 Å². The number of rotatable bonds is 8. The largest absolute Gasteiger partial charge is 0.489 e. The molecule has 0 saturated heterocycles. The molecule has 0 aliphatic carbocycles. The molecule has 1 amide bonds. The van der Waals surface area contributed by atoms with Crippen molar-refractivity contribution in [2.75, 3.05) is 0 Å². The highest BCUT2D eigenvalue weighted by atomic mass is 32.2. The maximum Gasteiger partial charge on any atom is 0.253 e. The zero-order chi connectivity index (χ0) is 20.5. The molecule has 0 radical (unpaired) electrons. The van der Waals surface area contributed by atoms with E-state index in [1.807, 2.05) is 92.7 Å². The van der Waals surface area contributed by atoms with Crippen LogP contribution in [0, 0.1) is 6.92 Å². The van der Waals surface area contributed by atoms with Gasteiger partial charge in [-0.25, -0.2) is 5.43 Å². The number of thioether (sulfide) groups is 1. The highest BCUT2D eigenvalue weighted by molar-refractivity contribution is 8.00. The number of aryl methyl sites for hydroxylation is 1. The van der Waals surface area contributed by atoms with E-state index in [9.17, 15) is 4.79 Å². The number of carbonyl (C=O) groups is 1. The molecule has 0 saturated carbocycles. The van der Waals surface area contributed by atoms with E-state index in [-0.39, 0.29) is 11.2 Å². The van der Waals surface area contributed by atoms with Gasteiger partial charge in [-0.05, 0) is 61.4 Å². The van der Waals surface area contributed by atoms with Crippen molar-refractivity contribution >= 4 is 23.9 Å². The first kappa shape index (κ1) is 20.7. The molecule has 0 heterocycles. The summed E-state index contributed by atoms with van der Waals surface area (Å²) < 4.78 is 5.77. The summed E-state index contributed by atoms with van der Waals surface area (Å²) in [5, 5.41) is 3.83. The van der Waals surface area contributed by atoms with Crippen LogP contribution < -0.4 is 10.2 Å². The van der Waals surface area contributed by atoms with Gasteiger partial charge in [-0.15, -0.1) is 11.8 Å². The average molecular weight is 405 g/mol. The third kappa shape index (κ3) is 6.80. The predicted molar refractivity (Wildman–Crippen MR) is 119 cm³/mol. The summed E-state index contributed by atoms with van der Waals surface area (Å²) in [5.74, 6) is 0.660. The minimum atomic E-state index is -0.233. The lowest BCUT2D eigenvalue weighted by atomic mass is 10.2. The van der Waals surface area contributed by atoms with Gasteiger partial charge in [0.25, 0.3) is 5.91 Å². The Bertz CT molecular complexity index is 939. The summed E-state index contributed by atoms with van der Waals surface area (Å²) >= 11 is 1.51. The maximum absolute atomic E-state index is 12.2. The van der Waals surface area contributed by atoms with Gasteiger partial charge in [-0.1, -0.05) is 48.0 Å². The molecule has 29 heavy (non-hydrogen) atoms. The molecule has 0 bridgehead atoms. The van der Waals surface area contributed by atoms with E-state index < -0.39 is 0 Å². The smallest absolute Gasteiger partial charge is 0.253 e. The van der Waals surface area contributed by atoms with Crippen molar-refractivity contribution in [3.63, 3.8) is 0 Å². The molecule has 1 N–H and O–H groups in total. The highest BCUT2D eigenvalue weighted by Crippen LogP contribution is 2.23. The monoisotopic (exact) mass is 404 g/mol. The molecule has 4 nitrogen and oxygen atoms in total. The fourth-order valence-corrected chi connectivity index (χ4v) is 3.39. The number of amides is 1. The number of hydrazone groups is 1. The lowest BCUT2D eigenvalue weighted by Gasteiger charge is -2.09. The Morgan fingerprint density at radius 1 is 1.03 bits per heavy atom. The van der Waals surface area contributed by atoms with E-state index in [0.29, 0.717) is 6.61 Å². The van der Waals surface area contributed by atoms with E-state index >= 15 is 0 Å². The maximum atomic E-state index is 12.2. The number of ether oxygens (including phenoxy) is 1. The topological polar surface area (TPSA) is 50.7 Å². The standard InChI is InChI=1S/C24H24N2O2S/c1-18-8-14-23(15-9-18)29-19(2)24(27)26-25-16-20-10-12-22(13-11-20)28-17-21-6-4-3-5-7-21/h3-16,19H,17H2,1-2H3,(H,26,27)/b25-16-/t19-/m0/s1. The van der Waals surface area contributed by atoms with Crippen LogP contribution in [0.3, 0.4) is 0 Å². The lowest BCUT2D eigenvalue weighted by Crippen LogP contribution is -2.26. The Kier molecular flexibility index (Phi) is 7.47. The molecule has 3 rings (SSSR count). The van der Waals surface area contributed by atoms with E-state index in [0.717, 1.165) is 21.8 Å². The Morgan fingerprint density at radius 2 is 1.72 bits per heavy atom. The van der Waals surface area contributed by atoms with Crippen LogP contribution in [-0.2, 0) is 11.4 Å². The average Bonchev–Trinajstić information content (AvgIpc) is 2.75. The summed E-state index contributed by atoms with van der Waals surface area (Å²) in [6.45, 7) is 4.44. The van der Waals surface area contributed by atoms with Crippen molar-refractivity contribution in [3.8, 4) is 5.75 Å². The van der Waals surface area contributed by atoms with Crippen molar-refractivity contribution in [1.29, 1.82) is 0 Å². The number of carbonyl (C=O) groups excluding carboxylic acids is 1. The first-order chi connectivity index (χ1) is 14.1. The number of benzene rings is 3. The second kappa shape index (κ2) is 10.5. The zero-order valence-electron chi connectivity index (χ0n) is 16.5. The molecule has 0 aliphatic heterocycles. The van der Waals surface area contributed by atoms with Gasteiger partial charge in [0.05, 0.1) is 11.5 Å². The van der Waals surface area contributed by atoms with Crippen molar-refractivity contribution in [2.45, 2.75) is 30.6 Å². The Hall–Kier alpha value is -3.05. The van der Waals surface area contributed by atoms with Crippen LogP contribution in [-0.4, -0.2) is 17.4 Å². The van der Waals surface area contributed by atoms with Crippen LogP contribution in [0.4, 0.5) is 0 Å². The SMILES string of the molecule is Cc1ccc(S[C@@H](C)C(=O)N/N=C\c2ccc(OCc3ccccc3)cc2)cc1. The van der Waals surface area contributed by atoms with Crippen LogP contribution >= 0.6 is 11.8 Å². The normalized spacial score (nSPS) is 11.9. The van der Waals surface area contributed by atoms with Crippen molar-refractivity contribution in [3.05, 3.63) is 95.6 Å². The fourth-order valence-electron chi connectivity index (χ4n) is 2.53. The zero-order valence-corrected chi connectivity index (χ0v) is 17.4. The molecule has 0 unspecified atom stereocenters. The van der Waals surface area contributed by atoms with Crippen molar-refractivity contribution in [1.82, 2.24) is 5.43 Å². The number of hydrogen-bond acceptors (Lipinski definition) is 4. The number of nitrogens with zero attached hydrogens (tertiary/aromatic N) is 1. The van der Waals surface area contributed by atoms with Crippen LogP contribution in [0.25, 0.3) is 0 Å². The Morgan fingerprint density at radius 3 is 2.41 bits per heavy atom. The van der Waals surface area contributed by atoms with Crippen LogP contribution in [0.15, 0.2) is 88.9 Å². The molecule has 5 heteroatoms. The summed E-state index contributed by atoms with van der Waals surface area (Å²) in [6, 6.07) is 25.7. The molecule has 3 aromatic carbocycles. The lowest BCUT2D eigenvalue weighted by molar-refractivity contribution is -0.120. The Balaban J connectivity index is 1.45. The van der Waals surface area contributed by atoms with Crippen LogP contribution in [0.5, 0.6) is 5.75 Å². The molecule has 0 spiro atoms. The molecular weight excluding hydrogens is 380 g/mol. The third-order valence-corrected chi connectivity index (χ3v) is 5.33. The van der Waals surface area contributed by atoms with E-state index in [1.54, 1.807) is 6.21 Å². The molecule has 1 atom stereocenters. The fraction of sp³-hybridized carbons (Fsp3) is 0.167. The van der Waals surface area contributed by atoms with Gasteiger partial charge in [0.1, 0.15) is 12.4 Å². The molecule has 3 aromatic rings. The molecular formula is C24H24N2O2S. The molecule has 0 aliphatic rings. The highest BCUT2D eigenvalue weighted by Gasteiger charge is 2.13. The van der Waals surface area contributed by atoms with Gasteiger partial charge in [0, 0.05) is 4.90 Å². The van der Waals surface area contributed by atoms with Gasteiger partial charge in [0.15, 0.2) is 0 Å². The summed E-state index contributed by atoms with van der Waals surface area (Å²) in [6.07, 6.45) is 1.63. The minimum Gasteiger partial charge on any atom is -0.489 e. The molecule has 0 aromatic heterocycles. The Labute approximate surface area is 176 Å². The van der Waals surface area contributed by atoms with Crippen molar-refractivity contribution in [2.24, 2.45) is 5.10 Å². The number of nitrogens with one attached hydrogen (secondary N) is 1. The van der Waals surface area contributed by atoms with Gasteiger partial charge in [-0.3, -0.25) is 4.79 Å². The summed E-state index contributed by atoms with van der Waals surface area (Å²) in [5.41, 5.74) is 5.81. The quantitative estimate of drug-likeness (QED) is 0.319. The predicted octanol–water partition coefficient (Wildman–Crippen LogP) is 5.20. The first-order valence-electron chi connectivity index (χ1n) is 9.43. The third-order valence-electron chi connectivity index (χ3n) is 4.22. The summed E-state index contributed by atoms with van der Waals surface area (Å²) in [7, 11) is 0. The van der Waals surface area contributed by atoms with Gasteiger partial charge >= 0.3 is 0 Å². The van der Waals surface area contributed by atoms with Crippen molar-refractivity contribution < 1.29 is 9.53 Å².